The normalized spacial score (nSPS) is 15.3. The van der Waals surface area contributed by atoms with Crippen LogP contribution >= 0.6 is 0 Å². The largest absolute Gasteiger partial charge is 0.416 e. The number of nitrogens with zero attached hydrogens (tertiary/aromatic N) is 2. The third-order valence-corrected chi connectivity index (χ3v) is 4.88. The number of halogens is 3. The van der Waals surface area contributed by atoms with Gasteiger partial charge in [-0.2, -0.15) is 13.2 Å². The Kier molecular flexibility index (Phi) is 7.16. The van der Waals surface area contributed by atoms with Crippen LogP contribution in [0.25, 0.3) is 11.3 Å². The van der Waals surface area contributed by atoms with Gasteiger partial charge in [0.05, 0.1) is 30.0 Å². The Morgan fingerprint density at radius 1 is 1.14 bits per heavy atom. The molecule has 9 heteroatoms. The second kappa shape index (κ2) is 9.80. The Labute approximate surface area is 167 Å². The number of aromatic nitrogens is 2. The fourth-order valence-corrected chi connectivity index (χ4v) is 3.21. The zero-order valence-electron chi connectivity index (χ0n) is 15.9. The average molecular weight is 407 g/mol. The minimum absolute atomic E-state index is 0.131. The van der Waals surface area contributed by atoms with Gasteiger partial charge in [-0.05, 0) is 56.6 Å². The molecule has 0 aliphatic carbocycles. The highest BCUT2D eigenvalue weighted by molar-refractivity contribution is 5.77. The summed E-state index contributed by atoms with van der Waals surface area (Å²) in [5.74, 6) is 0.464. The van der Waals surface area contributed by atoms with Crippen LogP contribution in [0.3, 0.4) is 0 Å². The molecule has 0 atom stereocenters. The number of amides is 1. The fraction of sp³-hybridized carbons (Fsp3) is 0.450. The molecule has 2 aromatic rings. The third kappa shape index (κ3) is 6.50. The molecule has 6 nitrogen and oxygen atoms in total. The highest BCUT2D eigenvalue weighted by atomic mass is 19.4. The van der Waals surface area contributed by atoms with Crippen molar-refractivity contribution in [1.29, 1.82) is 0 Å². The molecule has 1 amide bonds. The summed E-state index contributed by atoms with van der Waals surface area (Å²) < 4.78 is 38.0. The zero-order chi connectivity index (χ0) is 20.7. The van der Waals surface area contributed by atoms with Crippen LogP contribution in [0, 0.1) is 5.92 Å². The standard InChI is InChI=1S/C20H24F3N5O/c21-20(22,23)16-3-1-15(2-4-16)18-9-17(27-13-28-18)11-26-19(29)12-25-10-14-5-7-24-8-6-14/h1-4,9,13-14,24-25H,5-8,10-12H2,(H,26,29). The lowest BCUT2D eigenvalue weighted by molar-refractivity contribution is -0.137. The van der Waals surface area contributed by atoms with Gasteiger partial charge in [-0.25, -0.2) is 9.97 Å². The van der Waals surface area contributed by atoms with Gasteiger partial charge in [0.15, 0.2) is 0 Å². The first-order valence-electron chi connectivity index (χ1n) is 9.58. The molecule has 29 heavy (non-hydrogen) atoms. The number of hydrogen-bond acceptors (Lipinski definition) is 5. The summed E-state index contributed by atoms with van der Waals surface area (Å²) in [5, 5.41) is 9.28. The second-order valence-electron chi connectivity index (χ2n) is 7.07. The van der Waals surface area contributed by atoms with Crippen molar-refractivity contribution in [2.75, 3.05) is 26.2 Å². The van der Waals surface area contributed by atoms with Crippen LogP contribution < -0.4 is 16.0 Å². The van der Waals surface area contributed by atoms with E-state index in [4.69, 9.17) is 0 Å². The Morgan fingerprint density at radius 2 is 1.86 bits per heavy atom. The molecule has 0 radical (unpaired) electrons. The van der Waals surface area contributed by atoms with Crippen LogP contribution in [0.5, 0.6) is 0 Å². The average Bonchev–Trinajstić information content (AvgIpc) is 2.73. The molecule has 1 aromatic heterocycles. The molecular weight excluding hydrogens is 383 g/mol. The van der Waals surface area contributed by atoms with E-state index in [9.17, 15) is 18.0 Å². The van der Waals surface area contributed by atoms with Gasteiger partial charge >= 0.3 is 6.18 Å². The van der Waals surface area contributed by atoms with Crippen LogP contribution in [0.15, 0.2) is 36.7 Å². The number of hydrogen-bond donors (Lipinski definition) is 3. The molecule has 0 bridgehead atoms. The van der Waals surface area contributed by atoms with E-state index >= 15 is 0 Å². The Morgan fingerprint density at radius 3 is 2.55 bits per heavy atom. The van der Waals surface area contributed by atoms with Gasteiger partial charge in [-0.3, -0.25) is 4.79 Å². The van der Waals surface area contributed by atoms with Crippen molar-refractivity contribution in [3.8, 4) is 11.3 Å². The van der Waals surface area contributed by atoms with E-state index in [1.807, 2.05) is 0 Å². The van der Waals surface area contributed by atoms with Crippen LogP contribution in [-0.4, -0.2) is 42.1 Å². The first kappa shape index (κ1) is 21.2. The smallest absolute Gasteiger partial charge is 0.349 e. The van der Waals surface area contributed by atoms with Crippen molar-refractivity contribution in [2.45, 2.75) is 25.6 Å². The summed E-state index contributed by atoms with van der Waals surface area (Å²) in [5.41, 5.74) is 0.931. The lowest BCUT2D eigenvalue weighted by Crippen LogP contribution is -2.38. The van der Waals surface area contributed by atoms with Crippen LogP contribution in [0.4, 0.5) is 13.2 Å². The van der Waals surface area contributed by atoms with E-state index in [1.165, 1.54) is 18.5 Å². The summed E-state index contributed by atoms with van der Waals surface area (Å²) in [6, 6.07) is 6.45. The molecule has 1 saturated heterocycles. The topological polar surface area (TPSA) is 78.9 Å². The molecule has 3 rings (SSSR count). The summed E-state index contributed by atoms with van der Waals surface area (Å²) in [6.45, 7) is 3.33. The van der Waals surface area contributed by atoms with E-state index in [0.29, 0.717) is 22.9 Å². The van der Waals surface area contributed by atoms with Gasteiger partial charge in [0.2, 0.25) is 5.91 Å². The van der Waals surface area contributed by atoms with E-state index in [1.54, 1.807) is 6.07 Å². The van der Waals surface area contributed by atoms with E-state index in [0.717, 1.165) is 44.6 Å². The van der Waals surface area contributed by atoms with Gasteiger partial charge in [0, 0.05) is 5.56 Å². The number of carbonyl (C=O) groups is 1. The van der Waals surface area contributed by atoms with Gasteiger partial charge in [0.1, 0.15) is 6.33 Å². The molecule has 1 aromatic carbocycles. The molecule has 0 saturated carbocycles. The maximum Gasteiger partial charge on any atom is 0.416 e. The molecular formula is C20H24F3N5O. The zero-order valence-corrected chi connectivity index (χ0v) is 15.9. The lowest BCUT2D eigenvalue weighted by Gasteiger charge is -2.22. The van der Waals surface area contributed by atoms with Crippen molar-refractivity contribution in [2.24, 2.45) is 5.92 Å². The van der Waals surface area contributed by atoms with E-state index in [2.05, 4.69) is 25.9 Å². The first-order chi connectivity index (χ1) is 13.9. The summed E-state index contributed by atoms with van der Waals surface area (Å²) in [6.07, 6.45) is -0.810. The van der Waals surface area contributed by atoms with Crippen LogP contribution in [0.1, 0.15) is 24.1 Å². The van der Waals surface area contributed by atoms with E-state index < -0.39 is 11.7 Å². The van der Waals surface area contributed by atoms with Crippen molar-refractivity contribution in [3.63, 3.8) is 0 Å². The predicted molar refractivity (Wildman–Crippen MR) is 103 cm³/mol. The van der Waals surface area contributed by atoms with Crippen molar-refractivity contribution in [3.05, 3.63) is 47.9 Å². The van der Waals surface area contributed by atoms with Gasteiger partial charge in [0.25, 0.3) is 0 Å². The summed E-state index contributed by atoms with van der Waals surface area (Å²) in [4.78, 5) is 20.2. The van der Waals surface area contributed by atoms with Gasteiger partial charge in [-0.15, -0.1) is 0 Å². The number of alkyl halides is 3. The minimum atomic E-state index is -4.37. The maximum atomic E-state index is 12.7. The minimum Gasteiger partial charge on any atom is -0.349 e. The predicted octanol–water partition coefficient (Wildman–Crippen LogP) is 2.37. The number of rotatable bonds is 7. The lowest BCUT2D eigenvalue weighted by atomic mass is 9.98. The Hall–Kier alpha value is -2.52. The monoisotopic (exact) mass is 407 g/mol. The number of benzene rings is 1. The highest BCUT2D eigenvalue weighted by Gasteiger charge is 2.30. The van der Waals surface area contributed by atoms with Gasteiger partial charge in [-0.1, -0.05) is 12.1 Å². The molecule has 0 spiro atoms. The molecule has 1 aliphatic heterocycles. The molecule has 0 unspecified atom stereocenters. The van der Waals surface area contributed by atoms with E-state index in [-0.39, 0.29) is 19.0 Å². The SMILES string of the molecule is O=C(CNCC1CCNCC1)NCc1cc(-c2ccc(C(F)(F)F)cc2)ncn1. The van der Waals surface area contributed by atoms with Crippen molar-refractivity contribution in [1.82, 2.24) is 25.9 Å². The summed E-state index contributed by atoms with van der Waals surface area (Å²) in [7, 11) is 0. The molecule has 1 aliphatic rings. The first-order valence-corrected chi connectivity index (χ1v) is 9.58. The quantitative estimate of drug-likeness (QED) is 0.657. The second-order valence-corrected chi connectivity index (χ2v) is 7.07. The Bertz CT molecular complexity index is 805. The molecule has 1 fully saturated rings. The third-order valence-electron chi connectivity index (χ3n) is 4.88. The van der Waals surface area contributed by atoms with Crippen LogP contribution in [0.2, 0.25) is 0 Å². The van der Waals surface area contributed by atoms with Crippen molar-refractivity contribution >= 4 is 5.91 Å². The van der Waals surface area contributed by atoms with Gasteiger partial charge < -0.3 is 16.0 Å². The number of piperidine rings is 1. The fourth-order valence-electron chi connectivity index (χ4n) is 3.21. The number of nitrogens with one attached hydrogen (secondary N) is 3. The summed E-state index contributed by atoms with van der Waals surface area (Å²) >= 11 is 0. The molecule has 2 heterocycles. The molecule has 156 valence electrons. The van der Waals surface area contributed by atoms with Crippen LogP contribution in [-0.2, 0) is 17.5 Å². The number of carbonyl (C=O) groups excluding carboxylic acids is 1. The van der Waals surface area contributed by atoms with Crippen molar-refractivity contribution < 1.29 is 18.0 Å². The Balaban J connectivity index is 1.48. The molecule has 3 N–H and O–H groups in total. The highest BCUT2D eigenvalue weighted by Crippen LogP contribution is 2.30. The maximum absolute atomic E-state index is 12.7.